The van der Waals surface area contributed by atoms with Gasteiger partial charge in [-0.3, -0.25) is 14.3 Å². The number of aryl methyl sites for hydroxylation is 1. The van der Waals surface area contributed by atoms with Crippen LogP contribution >= 0.6 is 0 Å². The summed E-state index contributed by atoms with van der Waals surface area (Å²) >= 11 is 0. The van der Waals surface area contributed by atoms with Crippen LogP contribution in [0.3, 0.4) is 0 Å². The number of H-pyrrole nitrogens is 1. The second kappa shape index (κ2) is 8.08. The summed E-state index contributed by atoms with van der Waals surface area (Å²) in [6, 6.07) is 11.9. The van der Waals surface area contributed by atoms with Gasteiger partial charge in [-0.2, -0.15) is 5.10 Å². The summed E-state index contributed by atoms with van der Waals surface area (Å²) in [5, 5.41) is 8.41. The average Bonchev–Trinajstić information content (AvgIpc) is 3.31. The number of nitrogens with zero attached hydrogens (tertiary/aromatic N) is 3. The number of hydrogen-bond donors (Lipinski definition) is 3. The topological polar surface area (TPSA) is 109 Å². The van der Waals surface area contributed by atoms with Crippen LogP contribution in [0.1, 0.15) is 23.3 Å². The summed E-state index contributed by atoms with van der Waals surface area (Å²) in [6.07, 6.45) is 1.80. The maximum absolute atomic E-state index is 12.5. The lowest BCUT2D eigenvalue weighted by atomic mass is 9.97. The number of aromatic nitrogens is 3. The molecule has 0 spiro atoms. The third-order valence-electron chi connectivity index (χ3n) is 5.54. The molecule has 0 aliphatic carbocycles. The van der Waals surface area contributed by atoms with Crippen molar-refractivity contribution in [2.75, 3.05) is 26.2 Å². The molecule has 1 atom stereocenters. The number of fused-ring (bicyclic) bond motifs is 1. The largest absolute Gasteiger partial charge is 0.369 e. The standard InChI is InChI=1S/C21H26N6O2/c1-26-19(17-11-14-5-2-3-7-16(14)24-17)12-18(25-26)21(29)23-8-10-27-9-4-6-15(13-27)20(22)28/h2-3,5,7,11-12,15,24H,4,6,8-10,13H2,1H3,(H2,22,28)(H,23,29). The van der Waals surface area contributed by atoms with Crippen molar-refractivity contribution in [3.05, 3.63) is 42.1 Å². The number of piperidine rings is 1. The van der Waals surface area contributed by atoms with E-state index in [2.05, 4.69) is 26.4 Å². The molecule has 0 saturated carbocycles. The highest BCUT2D eigenvalue weighted by Crippen LogP contribution is 2.24. The van der Waals surface area contributed by atoms with Crippen molar-refractivity contribution < 1.29 is 9.59 Å². The molecule has 2 amide bonds. The second-order valence-corrected chi connectivity index (χ2v) is 7.61. The van der Waals surface area contributed by atoms with Crippen molar-refractivity contribution in [3.8, 4) is 11.4 Å². The van der Waals surface area contributed by atoms with E-state index in [1.165, 1.54) is 0 Å². The highest BCUT2D eigenvalue weighted by atomic mass is 16.2. The van der Waals surface area contributed by atoms with Crippen LogP contribution in [0.15, 0.2) is 36.4 Å². The number of likely N-dealkylation sites (tertiary alicyclic amines) is 1. The molecule has 0 radical (unpaired) electrons. The van der Waals surface area contributed by atoms with Gasteiger partial charge in [0, 0.05) is 37.6 Å². The van der Waals surface area contributed by atoms with E-state index in [9.17, 15) is 9.59 Å². The molecule has 29 heavy (non-hydrogen) atoms. The van der Waals surface area contributed by atoms with Crippen molar-refractivity contribution in [2.24, 2.45) is 18.7 Å². The molecule has 152 valence electrons. The monoisotopic (exact) mass is 394 g/mol. The van der Waals surface area contributed by atoms with Gasteiger partial charge in [0.1, 0.15) is 0 Å². The summed E-state index contributed by atoms with van der Waals surface area (Å²) in [7, 11) is 1.83. The van der Waals surface area contributed by atoms with Crippen LogP contribution < -0.4 is 11.1 Å². The van der Waals surface area contributed by atoms with Crippen molar-refractivity contribution in [2.45, 2.75) is 12.8 Å². The van der Waals surface area contributed by atoms with Crippen molar-refractivity contribution in [1.29, 1.82) is 0 Å². The second-order valence-electron chi connectivity index (χ2n) is 7.61. The lowest BCUT2D eigenvalue weighted by Crippen LogP contribution is -2.44. The molecule has 1 aliphatic heterocycles. The Morgan fingerprint density at radius 2 is 2.14 bits per heavy atom. The quantitative estimate of drug-likeness (QED) is 0.588. The van der Waals surface area contributed by atoms with E-state index in [1.54, 1.807) is 10.7 Å². The van der Waals surface area contributed by atoms with Gasteiger partial charge < -0.3 is 20.9 Å². The van der Waals surface area contributed by atoms with E-state index in [4.69, 9.17) is 5.73 Å². The zero-order valence-electron chi connectivity index (χ0n) is 16.5. The zero-order valence-corrected chi connectivity index (χ0v) is 16.5. The minimum atomic E-state index is -0.239. The molecule has 1 fully saturated rings. The first-order valence-corrected chi connectivity index (χ1v) is 9.93. The maximum Gasteiger partial charge on any atom is 0.271 e. The Hall–Kier alpha value is -3.13. The number of primary amides is 1. The highest BCUT2D eigenvalue weighted by molar-refractivity contribution is 5.94. The summed E-state index contributed by atoms with van der Waals surface area (Å²) in [6.45, 7) is 2.78. The molecule has 1 aromatic carbocycles. The molecule has 1 aliphatic rings. The molecule has 1 unspecified atom stereocenters. The zero-order chi connectivity index (χ0) is 20.4. The summed E-state index contributed by atoms with van der Waals surface area (Å²) in [4.78, 5) is 29.5. The molecule has 3 heterocycles. The molecular formula is C21H26N6O2. The Morgan fingerprint density at radius 1 is 1.31 bits per heavy atom. The number of carbonyl (C=O) groups is 2. The molecule has 0 bridgehead atoms. The van der Waals surface area contributed by atoms with Crippen LogP contribution in [0.25, 0.3) is 22.3 Å². The number of amides is 2. The Kier molecular flexibility index (Phi) is 5.35. The first-order chi connectivity index (χ1) is 14.0. The van der Waals surface area contributed by atoms with Gasteiger partial charge in [-0.25, -0.2) is 0 Å². The van der Waals surface area contributed by atoms with Crippen LogP contribution in [0.2, 0.25) is 0 Å². The molecule has 1 saturated heterocycles. The number of rotatable bonds is 6. The Labute approximate surface area is 169 Å². The minimum Gasteiger partial charge on any atom is -0.369 e. The van der Waals surface area contributed by atoms with Gasteiger partial charge >= 0.3 is 0 Å². The third-order valence-corrected chi connectivity index (χ3v) is 5.54. The van der Waals surface area contributed by atoms with Gasteiger partial charge in [-0.05, 0) is 37.6 Å². The van der Waals surface area contributed by atoms with E-state index >= 15 is 0 Å². The number of aromatic amines is 1. The van der Waals surface area contributed by atoms with Crippen molar-refractivity contribution in [3.63, 3.8) is 0 Å². The number of carbonyl (C=O) groups excluding carboxylic acids is 2. The predicted molar refractivity (Wildman–Crippen MR) is 111 cm³/mol. The first kappa shape index (κ1) is 19.2. The smallest absolute Gasteiger partial charge is 0.271 e. The van der Waals surface area contributed by atoms with Crippen LogP contribution in [-0.2, 0) is 11.8 Å². The van der Waals surface area contributed by atoms with Gasteiger partial charge in [0.2, 0.25) is 5.91 Å². The molecule has 2 aromatic heterocycles. The van der Waals surface area contributed by atoms with Gasteiger partial charge in [-0.1, -0.05) is 18.2 Å². The molecule has 8 heteroatoms. The molecule has 4 rings (SSSR count). The lowest BCUT2D eigenvalue weighted by Gasteiger charge is -2.30. The van der Waals surface area contributed by atoms with E-state index < -0.39 is 0 Å². The number of nitrogens with one attached hydrogen (secondary N) is 2. The minimum absolute atomic E-state index is 0.0888. The van der Waals surface area contributed by atoms with Gasteiger partial charge in [0.05, 0.1) is 17.3 Å². The van der Waals surface area contributed by atoms with E-state index in [-0.39, 0.29) is 17.7 Å². The Balaban J connectivity index is 1.37. The van der Waals surface area contributed by atoms with Gasteiger partial charge in [0.25, 0.3) is 5.91 Å². The summed E-state index contributed by atoms with van der Waals surface area (Å²) in [5.74, 6) is -0.530. The predicted octanol–water partition coefficient (Wildman–Crippen LogP) is 1.50. The number of benzene rings is 1. The normalized spacial score (nSPS) is 17.5. The summed E-state index contributed by atoms with van der Waals surface area (Å²) < 4.78 is 1.71. The first-order valence-electron chi connectivity index (χ1n) is 9.93. The van der Waals surface area contributed by atoms with Crippen LogP contribution in [0.4, 0.5) is 0 Å². The SMILES string of the molecule is Cn1nc(C(=O)NCCN2CCCC(C(N)=O)C2)cc1-c1cc2ccccc2[nH]1. The van der Waals surface area contributed by atoms with Gasteiger partial charge in [-0.15, -0.1) is 0 Å². The number of para-hydroxylation sites is 1. The van der Waals surface area contributed by atoms with E-state index in [0.29, 0.717) is 25.3 Å². The van der Waals surface area contributed by atoms with Crippen LogP contribution in [-0.4, -0.2) is 57.7 Å². The van der Waals surface area contributed by atoms with E-state index in [0.717, 1.165) is 41.7 Å². The molecule has 4 N–H and O–H groups in total. The fourth-order valence-corrected chi connectivity index (χ4v) is 3.95. The third kappa shape index (κ3) is 4.17. The maximum atomic E-state index is 12.5. The van der Waals surface area contributed by atoms with Crippen molar-refractivity contribution in [1.82, 2.24) is 25.0 Å². The average molecular weight is 394 g/mol. The Morgan fingerprint density at radius 3 is 2.93 bits per heavy atom. The van der Waals surface area contributed by atoms with Crippen LogP contribution in [0, 0.1) is 5.92 Å². The number of nitrogens with two attached hydrogens (primary N) is 1. The fraction of sp³-hybridized carbons (Fsp3) is 0.381. The highest BCUT2D eigenvalue weighted by Gasteiger charge is 2.23. The Bertz CT molecular complexity index is 1000. The molecule has 8 nitrogen and oxygen atoms in total. The van der Waals surface area contributed by atoms with Gasteiger partial charge in [0.15, 0.2) is 5.69 Å². The van der Waals surface area contributed by atoms with Crippen LogP contribution in [0.5, 0.6) is 0 Å². The molecular weight excluding hydrogens is 368 g/mol. The van der Waals surface area contributed by atoms with Crippen molar-refractivity contribution >= 4 is 22.7 Å². The number of hydrogen-bond acceptors (Lipinski definition) is 4. The fourth-order valence-electron chi connectivity index (χ4n) is 3.95. The summed E-state index contributed by atoms with van der Waals surface area (Å²) in [5.41, 5.74) is 8.63. The lowest BCUT2D eigenvalue weighted by molar-refractivity contribution is -0.123. The van der Waals surface area contributed by atoms with E-state index in [1.807, 2.05) is 31.3 Å². The molecule has 3 aromatic rings.